The Morgan fingerprint density at radius 1 is 0.396 bits per heavy atom. The number of furan rings is 2. The molecule has 248 valence electrons. The number of nitrogens with zero attached hydrogens (tertiary/aromatic N) is 4. The largest absolute Gasteiger partial charge is 0.456 e. The molecule has 6 heterocycles. The second-order valence-corrected chi connectivity index (χ2v) is 13.9. The average Bonchev–Trinajstić information content (AvgIpc) is 3.95. The van der Waals surface area contributed by atoms with Gasteiger partial charge in [-0.1, -0.05) is 42.5 Å². The quantitative estimate of drug-likeness (QED) is 0.186. The van der Waals surface area contributed by atoms with Crippen LogP contribution in [0.4, 0.5) is 0 Å². The summed E-state index contributed by atoms with van der Waals surface area (Å²) in [7, 11) is 2.10. The molecule has 0 amide bonds. The smallest absolute Gasteiger partial charge is 0.153 e. The van der Waals surface area contributed by atoms with Crippen LogP contribution >= 0.6 is 0 Å². The molecule has 6 heteroatoms. The number of hydrogen-bond acceptors (Lipinski definition) is 4. The lowest BCUT2D eigenvalue weighted by Crippen LogP contribution is -1.93. The van der Waals surface area contributed by atoms with Gasteiger partial charge in [-0.3, -0.25) is 9.97 Å². The van der Waals surface area contributed by atoms with Crippen LogP contribution in [0.15, 0.2) is 161 Å². The third kappa shape index (κ3) is 4.03. The fourth-order valence-corrected chi connectivity index (χ4v) is 8.49. The fraction of sp³-hybridized carbons (Fsp3) is 0.0213. The highest BCUT2D eigenvalue weighted by molar-refractivity contribution is 6.13. The lowest BCUT2D eigenvalue weighted by atomic mass is 9.98. The van der Waals surface area contributed by atoms with E-state index in [1.165, 1.54) is 16.3 Å². The van der Waals surface area contributed by atoms with Crippen molar-refractivity contribution in [2.75, 3.05) is 0 Å². The number of hydrogen-bond donors (Lipinski definition) is 0. The number of aryl methyl sites for hydroxylation is 1. The van der Waals surface area contributed by atoms with Crippen molar-refractivity contribution in [2.24, 2.45) is 7.05 Å². The Bertz CT molecular complexity index is 3490. The van der Waals surface area contributed by atoms with E-state index in [1.54, 1.807) is 0 Å². The van der Waals surface area contributed by atoms with Crippen molar-refractivity contribution in [1.29, 1.82) is 0 Å². The van der Waals surface area contributed by atoms with Gasteiger partial charge in [0.05, 0.1) is 27.6 Å². The fourth-order valence-electron chi connectivity index (χ4n) is 8.49. The van der Waals surface area contributed by atoms with Gasteiger partial charge in [0.1, 0.15) is 22.3 Å². The van der Waals surface area contributed by atoms with Crippen molar-refractivity contribution in [1.82, 2.24) is 19.1 Å². The monoisotopic (exact) mass is 680 g/mol. The molecule has 53 heavy (non-hydrogen) atoms. The predicted molar refractivity (Wildman–Crippen MR) is 216 cm³/mol. The van der Waals surface area contributed by atoms with Gasteiger partial charge in [0.2, 0.25) is 0 Å². The average molecular weight is 681 g/mol. The van der Waals surface area contributed by atoms with Crippen LogP contribution in [0.5, 0.6) is 0 Å². The summed E-state index contributed by atoms with van der Waals surface area (Å²) < 4.78 is 17.0. The molecule has 0 saturated carbocycles. The zero-order valence-corrected chi connectivity index (χ0v) is 28.5. The number of para-hydroxylation sites is 1. The molecule has 0 aliphatic carbocycles. The first-order chi connectivity index (χ1) is 26.2. The number of aromatic nitrogens is 4. The topological polar surface area (TPSA) is 61.9 Å². The van der Waals surface area contributed by atoms with Crippen molar-refractivity contribution in [3.63, 3.8) is 0 Å². The molecule has 0 aliphatic rings. The van der Waals surface area contributed by atoms with Crippen LogP contribution in [0.3, 0.4) is 0 Å². The second-order valence-electron chi connectivity index (χ2n) is 13.9. The second kappa shape index (κ2) is 10.4. The summed E-state index contributed by atoms with van der Waals surface area (Å²) in [6.45, 7) is 0. The van der Waals surface area contributed by atoms with Crippen molar-refractivity contribution >= 4 is 87.7 Å². The van der Waals surface area contributed by atoms with E-state index in [0.29, 0.717) is 0 Å². The molecule has 6 aromatic heterocycles. The summed E-state index contributed by atoms with van der Waals surface area (Å²) in [5.74, 6) is 0. The van der Waals surface area contributed by atoms with Gasteiger partial charge in [0.15, 0.2) is 5.58 Å². The van der Waals surface area contributed by atoms with Gasteiger partial charge in [0.25, 0.3) is 0 Å². The van der Waals surface area contributed by atoms with Crippen LogP contribution in [0, 0.1) is 0 Å². The van der Waals surface area contributed by atoms with Crippen LogP contribution in [0.1, 0.15) is 0 Å². The number of pyridine rings is 2. The Hall–Kier alpha value is -7.18. The molecule has 0 atom stereocenters. The van der Waals surface area contributed by atoms with E-state index in [0.717, 1.165) is 99.4 Å². The molecular weight excluding hydrogens is 653 g/mol. The van der Waals surface area contributed by atoms with E-state index in [-0.39, 0.29) is 0 Å². The molecule has 0 aliphatic heterocycles. The normalized spacial score (nSPS) is 12.2. The van der Waals surface area contributed by atoms with E-state index < -0.39 is 0 Å². The molecule has 6 aromatic carbocycles. The Labute approximate surface area is 301 Å². The number of rotatable bonds is 3. The van der Waals surface area contributed by atoms with Gasteiger partial charge in [-0.25, -0.2) is 0 Å². The summed E-state index contributed by atoms with van der Waals surface area (Å²) >= 11 is 0. The van der Waals surface area contributed by atoms with Gasteiger partial charge in [-0.05, 0) is 119 Å². The Morgan fingerprint density at radius 3 is 1.75 bits per heavy atom. The van der Waals surface area contributed by atoms with Crippen LogP contribution in [0.2, 0.25) is 0 Å². The van der Waals surface area contributed by atoms with Gasteiger partial charge in [-0.15, -0.1) is 0 Å². The molecule has 6 nitrogen and oxygen atoms in total. The summed E-state index contributed by atoms with van der Waals surface area (Å²) in [5, 5.41) is 6.78. The lowest BCUT2D eigenvalue weighted by Gasteiger charge is -2.09. The zero-order valence-electron chi connectivity index (χ0n) is 28.5. The minimum absolute atomic E-state index is 0.796. The highest BCUT2D eigenvalue weighted by atomic mass is 16.3. The highest BCUT2D eigenvalue weighted by Crippen LogP contribution is 2.40. The van der Waals surface area contributed by atoms with Crippen LogP contribution < -0.4 is 0 Å². The predicted octanol–water partition coefficient (Wildman–Crippen LogP) is 12.4. The van der Waals surface area contributed by atoms with E-state index >= 15 is 0 Å². The molecule has 0 radical (unpaired) electrons. The SMILES string of the molecule is Cn1c2ccc(-c3ccc4oc5ccc(-c6ccc7c(c6)c6ccccc6n7-c6ccc7oc8cccnc8c7c6)cc5c4c3)cc2c2ncccc21. The molecule has 12 rings (SSSR count). The Kier molecular flexibility index (Phi) is 5.61. The summed E-state index contributed by atoms with van der Waals surface area (Å²) in [6.07, 6.45) is 3.69. The van der Waals surface area contributed by atoms with Gasteiger partial charge < -0.3 is 18.0 Å². The molecule has 0 fully saturated rings. The van der Waals surface area contributed by atoms with Crippen LogP contribution in [-0.4, -0.2) is 19.1 Å². The summed E-state index contributed by atoms with van der Waals surface area (Å²) in [6, 6.07) is 49.5. The Morgan fingerprint density at radius 2 is 0.962 bits per heavy atom. The maximum absolute atomic E-state index is 6.37. The van der Waals surface area contributed by atoms with E-state index in [1.807, 2.05) is 30.6 Å². The standard InChI is InChI=1S/C47H28N4O2/c1-50-38-15-10-28(25-36(38)46-41(50)8-4-20-48-46)30-13-18-43-35(24-30)34-23-29(12-17-42(34)52-43)27-11-16-40-33(22-27)32-6-2-3-7-39(32)51(40)31-14-19-44-37(26-31)47-45(53-44)9-5-21-49-47/h2-26H,1H3. The minimum Gasteiger partial charge on any atom is -0.456 e. The third-order valence-electron chi connectivity index (χ3n) is 11.0. The first-order valence-electron chi connectivity index (χ1n) is 17.8. The highest BCUT2D eigenvalue weighted by Gasteiger charge is 2.17. The molecule has 12 aromatic rings. The van der Waals surface area contributed by atoms with E-state index in [2.05, 4.69) is 142 Å². The first-order valence-corrected chi connectivity index (χ1v) is 17.8. The van der Waals surface area contributed by atoms with E-state index in [4.69, 9.17) is 13.8 Å². The van der Waals surface area contributed by atoms with Crippen molar-refractivity contribution in [2.45, 2.75) is 0 Å². The number of fused-ring (bicyclic) bond motifs is 12. The molecule has 0 spiro atoms. The van der Waals surface area contributed by atoms with Crippen molar-refractivity contribution < 1.29 is 8.83 Å². The lowest BCUT2D eigenvalue weighted by molar-refractivity contribution is 0.668. The molecule has 0 bridgehead atoms. The van der Waals surface area contributed by atoms with Gasteiger partial charge in [-0.2, -0.15) is 0 Å². The summed E-state index contributed by atoms with van der Waals surface area (Å²) in [4.78, 5) is 9.34. The first kappa shape index (κ1) is 28.5. The molecule has 0 unspecified atom stereocenters. The number of benzene rings is 6. The van der Waals surface area contributed by atoms with Crippen molar-refractivity contribution in [3.8, 4) is 27.9 Å². The van der Waals surface area contributed by atoms with Gasteiger partial charge in [0, 0.05) is 57.4 Å². The maximum Gasteiger partial charge on any atom is 0.153 e. The maximum atomic E-state index is 6.37. The molecule has 0 N–H and O–H groups in total. The molecular formula is C47H28N4O2. The van der Waals surface area contributed by atoms with Crippen LogP contribution in [-0.2, 0) is 7.05 Å². The minimum atomic E-state index is 0.796. The third-order valence-corrected chi connectivity index (χ3v) is 11.0. The van der Waals surface area contributed by atoms with E-state index in [9.17, 15) is 0 Å². The summed E-state index contributed by atoms with van der Waals surface area (Å²) in [5.41, 5.74) is 15.6. The zero-order chi connectivity index (χ0) is 34.8. The Balaban J connectivity index is 0.993. The van der Waals surface area contributed by atoms with Crippen LogP contribution in [0.25, 0.3) is 116 Å². The molecule has 0 saturated heterocycles. The van der Waals surface area contributed by atoms with Gasteiger partial charge >= 0.3 is 0 Å². The van der Waals surface area contributed by atoms with Crippen molar-refractivity contribution in [3.05, 3.63) is 152 Å².